The number of nitrogens with one attached hydrogen (secondary N) is 2. The van der Waals surface area contributed by atoms with Crippen molar-refractivity contribution in [3.8, 4) is 0 Å². The van der Waals surface area contributed by atoms with Crippen LogP contribution in [0.25, 0.3) is 0 Å². The molecule has 0 spiro atoms. The van der Waals surface area contributed by atoms with E-state index in [-0.39, 0.29) is 0 Å². The second-order valence-corrected chi connectivity index (χ2v) is 16.4. The van der Waals surface area contributed by atoms with E-state index in [0.29, 0.717) is 28.7 Å². The highest BCUT2D eigenvalue weighted by molar-refractivity contribution is 7.98. The summed E-state index contributed by atoms with van der Waals surface area (Å²) in [6.45, 7) is 18.5. The highest BCUT2D eigenvalue weighted by Gasteiger charge is 2.41. The van der Waals surface area contributed by atoms with E-state index in [1.807, 2.05) is 11.9 Å². The van der Waals surface area contributed by atoms with Gasteiger partial charge in [-0.2, -0.15) is 0 Å². The topological polar surface area (TPSA) is 27.3 Å². The van der Waals surface area contributed by atoms with E-state index < -0.39 is 0 Å². The van der Waals surface area contributed by atoms with Gasteiger partial charge in [0.15, 0.2) is 0 Å². The van der Waals surface area contributed by atoms with E-state index in [1.54, 1.807) is 0 Å². The molecule has 3 aliphatic carbocycles. The molecular weight excluding hydrogens is 506 g/mol. The van der Waals surface area contributed by atoms with Gasteiger partial charge in [-0.1, -0.05) is 65.1 Å². The van der Waals surface area contributed by atoms with Gasteiger partial charge in [0.2, 0.25) is 0 Å². The number of likely N-dealkylation sites (tertiary alicyclic amines) is 1. The monoisotopic (exact) mass is 565 g/mol. The fraction of sp³-hybridized carbons (Fsp3) is 0.939. The summed E-state index contributed by atoms with van der Waals surface area (Å²) in [5.41, 5.74) is 0.414. The lowest BCUT2D eigenvalue weighted by atomic mass is 9.64. The third-order valence-corrected chi connectivity index (χ3v) is 12.5. The van der Waals surface area contributed by atoms with E-state index in [2.05, 4.69) is 61.7 Å². The Morgan fingerprint density at radius 1 is 1.00 bits per heavy atom. The number of allylic oxidation sites excluding steroid dienone is 2. The maximum atomic E-state index is 6.43. The zero-order valence-electron chi connectivity index (χ0n) is 25.4. The van der Waals surface area contributed by atoms with Crippen molar-refractivity contribution < 1.29 is 0 Å². The van der Waals surface area contributed by atoms with Crippen molar-refractivity contribution in [3.63, 3.8) is 0 Å². The average molecular weight is 566 g/mol. The molecule has 6 atom stereocenters. The van der Waals surface area contributed by atoms with Gasteiger partial charge >= 0.3 is 0 Å². The quantitative estimate of drug-likeness (QED) is 0.150. The smallest absolute Gasteiger partial charge is 0.0336 e. The Hall–Kier alpha value is 0.260. The number of nitrogens with zero attached hydrogens (tertiary/aromatic N) is 1. The minimum atomic E-state index is 0.414. The summed E-state index contributed by atoms with van der Waals surface area (Å²) in [6, 6.07) is 0.601. The second-order valence-electron chi connectivity index (χ2n) is 14.7. The summed E-state index contributed by atoms with van der Waals surface area (Å²) in [7, 11) is 0. The first-order valence-corrected chi connectivity index (χ1v) is 17.7. The number of piperidine rings is 1. The lowest BCUT2D eigenvalue weighted by Crippen LogP contribution is -2.53. The van der Waals surface area contributed by atoms with Crippen molar-refractivity contribution >= 4 is 23.5 Å². The Kier molecular flexibility index (Phi) is 12.3. The summed E-state index contributed by atoms with van der Waals surface area (Å²) < 4.78 is 3.80. The lowest BCUT2D eigenvalue weighted by Gasteiger charge is -2.49. The first-order chi connectivity index (χ1) is 18.2. The van der Waals surface area contributed by atoms with E-state index in [9.17, 15) is 0 Å². The molecule has 220 valence electrons. The highest BCUT2D eigenvalue weighted by atomic mass is 35.5. The SMILES string of the molecule is CC1C=CCCC1SNCC1CCCC(CN[C@@H](CN2CC[C@H](C3CCC(Cl)CC3)C(C)(C)C2)C(C)C)C1. The van der Waals surface area contributed by atoms with Crippen molar-refractivity contribution in [1.29, 1.82) is 0 Å². The number of halogens is 1. The van der Waals surface area contributed by atoms with E-state index in [4.69, 9.17) is 11.6 Å². The Labute approximate surface area is 245 Å². The van der Waals surface area contributed by atoms with Crippen LogP contribution >= 0.6 is 23.5 Å². The van der Waals surface area contributed by atoms with Gasteiger partial charge < -0.3 is 10.2 Å². The molecule has 4 aliphatic rings. The van der Waals surface area contributed by atoms with Crippen LogP contribution in [0.4, 0.5) is 0 Å². The largest absolute Gasteiger partial charge is 0.312 e. The molecule has 0 amide bonds. The maximum Gasteiger partial charge on any atom is 0.0336 e. The molecule has 1 aliphatic heterocycles. The molecule has 38 heavy (non-hydrogen) atoms. The van der Waals surface area contributed by atoms with Crippen LogP contribution in [-0.4, -0.2) is 54.3 Å². The van der Waals surface area contributed by atoms with Gasteiger partial charge in [0.1, 0.15) is 0 Å². The summed E-state index contributed by atoms with van der Waals surface area (Å²) in [6.07, 6.45) is 19.5. The highest BCUT2D eigenvalue weighted by Crippen LogP contribution is 2.45. The fourth-order valence-corrected chi connectivity index (χ4v) is 9.63. The molecule has 4 rings (SSSR count). The van der Waals surface area contributed by atoms with Gasteiger partial charge in [-0.15, -0.1) is 11.6 Å². The first-order valence-electron chi connectivity index (χ1n) is 16.4. The average Bonchev–Trinajstić information content (AvgIpc) is 2.88. The molecule has 3 nitrogen and oxygen atoms in total. The molecule has 0 aromatic carbocycles. The third-order valence-electron chi connectivity index (χ3n) is 10.7. The Morgan fingerprint density at radius 3 is 2.42 bits per heavy atom. The Morgan fingerprint density at radius 2 is 1.74 bits per heavy atom. The van der Waals surface area contributed by atoms with Gasteiger partial charge in [0.25, 0.3) is 0 Å². The molecule has 4 unspecified atom stereocenters. The van der Waals surface area contributed by atoms with Crippen molar-refractivity contribution in [2.45, 2.75) is 122 Å². The van der Waals surface area contributed by atoms with Crippen LogP contribution < -0.4 is 10.0 Å². The fourth-order valence-electron chi connectivity index (χ4n) is 8.27. The van der Waals surface area contributed by atoms with Crippen LogP contribution in [0.1, 0.15) is 105 Å². The van der Waals surface area contributed by atoms with Crippen LogP contribution in [0, 0.1) is 40.9 Å². The third kappa shape index (κ3) is 9.13. The Balaban J connectivity index is 1.18. The van der Waals surface area contributed by atoms with E-state index in [1.165, 1.54) is 103 Å². The molecule has 0 aromatic rings. The summed E-state index contributed by atoms with van der Waals surface area (Å²) in [5, 5.41) is 5.28. The molecule has 0 aromatic heterocycles. The molecule has 0 bridgehead atoms. The van der Waals surface area contributed by atoms with E-state index >= 15 is 0 Å². The number of rotatable bonds is 11. The van der Waals surface area contributed by atoms with Crippen LogP contribution in [0.15, 0.2) is 12.2 Å². The van der Waals surface area contributed by atoms with Crippen LogP contribution in [0.3, 0.4) is 0 Å². The summed E-state index contributed by atoms with van der Waals surface area (Å²) >= 11 is 8.45. The molecular formula is C33H60ClN3S. The van der Waals surface area contributed by atoms with Crippen molar-refractivity contribution in [2.75, 3.05) is 32.7 Å². The standard InChI is InChI=1S/C33H60ClN3S/c1-24(2)31(22-37-18-17-30(33(4,5)23-37)28-13-15-29(34)16-14-28)35-20-26-10-8-11-27(19-26)21-36-38-32-12-7-6-9-25(32)3/h6,9,24-32,35-36H,7-8,10-23H2,1-5H3/t25?,26?,27?,28?,29?,30-,31+,32?/m1/s1. The lowest BCUT2D eigenvalue weighted by molar-refractivity contribution is 0.00453. The Bertz CT molecular complexity index is 719. The number of hydrogen-bond donors (Lipinski definition) is 2. The number of alkyl halides is 1. The van der Waals surface area contributed by atoms with Gasteiger partial charge in [-0.25, -0.2) is 0 Å². The minimum absolute atomic E-state index is 0.414. The molecule has 0 radical (unpaired) electrons. The van der Waals surface area contributed by atoms with Crippen LogP contribution in [0.5, 0.6) is 0 Å². The molecule has 2 saturated carbocycles. The van der Waals surface area contributed by atoms with Gasteiger partial charge in [-0.05, 0) is 118 Å². The van der Waals surface area contributed by atoms with Gasteiger partial charge in [0, 0.05) is 36.3 Å². The predicted molar refractivity (Wildman–Crippen MR) is 169 cm³/mol. The van der Waals surface area contributed by atoms with Crippen LogP contribution in [0.2, 0.25) is 0 Å². The summed E-state index contributed by atoms with van der Waals surface area (Å²) in [4.78, 5) is 2.80. The van der Waals surface area contributed by atoms with Crippen molar-refractivity contribution in [3.05, 3.63) is 12.2 Å². The minimum Gasteiger partial charge on any atom is -0.312 e. The normalized spacial score (nSPS) is 37.4. The van der Waals surface area contributed by atoms with Crippen molar-refractivity contribution in [2.24, 2.45) is 40.9 Å². The van der Waals surface area contributed by atoms with E-state index in [0.717, 1.165) is 28.9 Å². The number of hydrogen-bond acceptors (Lipinski definition) is 4. The molecule has 5 heteroatoms. The molecule has 1 heterocycles. The molecule has 2 N–H and O–H groups in total. The maximum absolute atomic E-state index is 6.43. The van der Waals surface area contributed by atoms with Crippen LogP contribution in [-0.2, 0) is 0 Å². The second kappa shape index (κ2) is 14.9. The molecule has 3 fully saturated rings. The van der Waals surface area contributed by atoms with Crippen molar-refractivity contribution in [1.82, 2.24) is 14.9 Å². The van der Waals surface area contributed by atoms with Gasteiger partial charge in [0.05, 0.1) is 0 Å². The molecule has 1 saturated heterocycles. The zero-order valence-corrected chi connectivity index (χ0v) is 27.0. The predicted octanol–water partition coefficient (Wildman–Crippen LogP) is 8.15. The van der Waals surface area contributed by atoms with Gasteiger partial charge in [-0.3, -0.25) is 4.72 Å². The first kappa shape index (κ1) is 31.2. The zero-order chi connectivity index (χ0) is 27.1. The summed E-state index contributed by atoms with van der Waals surface area (Å²) in [5.74, 6) is 4.85.